The normalized spacial score (nSPS) is 15.6. The maximum atomic E-state index is 11.2. The molecule has 1 heterocycles. The van der Waals surface area contributed by atoms with Crippen molar-refractivity contribution in [2.75, 3.05) is 25.0 Å². The number of nitrogens with one attached hydrogen (secondary N) is 1. The molecule has 0 bridgehead atoms. The van der Waals surface area contributed by atoms with E-state index in [0.717, 1.165) is 12.2 Å². The molecule has 0 aliphatic carbocycles. The van der Waals surface area contributed by atoms with Gasteiger partial charge in [-0.1, -0.05) is 12.1 Å². The van der Waals surface area contributed by atoms with Crippen LogP contribution in [0.15, 0.2) is 24.3 Å². The summed E-state index contributed by atoms with van der Waals surface area (Å²) in [6.45, 7) is 5.57. The summed E-state index contributed by atoms with van der Waals surface area (Å²) in [7, 11) is 0. The summed E-state index contributed by atoms with van der Waals surface area (Å²) < 4.78 is 4.83. The molecule has 1 aliphatic heterocycles. The monoisotopic (exact) mass is 248 g/mol. The standard InChI is InChI=1S/C14H20N2O2/c1-2-18-14(17)15-13-7-5-12(6-8-13)11-16-9-3-4-10-16/h5-8H,2-4,9-11H2,1H3,(H,15,17). The summed E-state index contributed by atoms with van der Waals surface area (Å²) in [5.41, 5.74) is 2.06. The molecule has 1 saturated heterocycles. The van der Waals surface area contributed by atoms with Crippen LogP contribution in [-0.2, 0) is 11.3 Å². The van der Waals surface area contributed by atoms with E-state index in [2.05, 4.69) is 22.3 Å². The minimum absolute atomic E-state index is 0.388. The largest absolute Gasteiger partial charge is 0.450 e. The second-order valence-electron chi connectivity index (χ2n) is 4.53. The van der Waals surface area contributed by atoms with Gasteiger partial charge in [0.1, 0.15) is 0 Å². The van der Waals surface area contributed by atoms with Gasteiger partial charge < -0.3 is 4.74 Å². The summed E-state index contributed by atoms with van der Waals surface area (Å²) >= 11 is 0. The van der Waals surface area contributed by atoms with Gasteiger partial charge in [-0.25, -0.2) is 4.79 Å². The number of amides is 1. The third-order valence-corrected chi connectivity index (χ3v) is 3.08. The topological polar surface area (TPSA) is 41.6 Å². The molecule has 1 aromatic rings. The highest BCUT2D eigenvalue weighted by molar-refractivity contribution is 5.84. The summed E-state index contributed by atoms with van der Waals surface area (Å²) in [6.07, 6.45) is 2.22. The van der Waals surface area contributed by atoms with Crippen LogP contribution in [0.5, 0.6) is 0 Å². The fraction of sp³-hybridized carbons (Fsp3) is 0.500. The van der Waals surface area contributed by atoms with E-state index in [0.29, 0.717) is 6.61 Å². The van der Waals surface area contributed by atoms with Crippen molar-refractivity contribution in [1.82, 2.24) is 4.90 Å². The van der Waals surface area contributed by atoms with Crippen molar-refractivity contribution < 1.29 is 9.53 Å². The maximum Gasteiger partial charge on any atom is 0.411 e. The molecule has 18 heavy (non-hydrogen) atoms. The fourth-order valence-electron chi connectivity index (χ4n) is 2.18. The zero-order chi connectivity index (χ0) is 12.8. The zero-order valence-corrected chi connectivity index (χ0v) is 10.8. The second kappa shape index (κ2) is 6.40. The lowest BCUT2D eigenvalue weighted by molar-refractivity contribution is 0.168. The van der Waals surface area contributed by atoms with Gasteiger partial charge in [0, 0.05) is 12.2 Å². The van der Waals surface area contributed by atoms with Crippen LogP contribution in [0.2, 0.25) is 0 Å². The van der Waals surface area contributed by atoms with Gasteiger partial charge in [-0.05, 0) is 50.6 Å². The van der Waals surface area contributed by atoms with E-state index >= 15 is 0 Å². The average Bonchev–Trinajstić information content (AvgIpc) is 2.85. The van der Waals surface area contributed by atoms with Crippen molar-refractivity contribution in [3.05, 3.63) is 29.8 Å². The summed E-state index contributed by atoms with van der Waals surface area (Å²) in [5, 5.41) is 2.69. The van der Waals surface area contributed by atoms with Crippen molar-refractivity contribution >= 4 is 11.8 Å². The molecule has 4 nitrogen and oxygen atoms in total. The van der Waals surface area contributed by atoms with E-state index in [1.807, 2.05) is 12.1 Å². The van der Waals surface area contributed by atoms with Crippen LogP contribution in [0, 0.1) is 0 Å². The number of hydrogen-bond acceptors (Lipinski definition) is 3. The Hall–Kier alpha value is -1.55. The van der Waals surface area contributed by atoms with Gasteiger partial charge in [-0.2, -0.15) is 0 Å². The minimum Gasteiger partial charge on any atom is -0.450 e. The Morgan fingerprint density at radius 1 is 1.28 bits per heavy atom. The fourth-order valence-corrected chi connectivity index (χ4v) is 2.18. The Kier molecular flexibility index (Phi) is 4.59. The lowest BCUT2D eigenvalue weighted by Crippen LogP contribution is -2.18. The predicted octanol–water partition coefficient (Wildman–Crippen LogP) is 2.85. The number of benzene rings is 1. The molecule has 1 N–H and O–H groups in total. The quantitative estimate of drug-likeness (QED) is 0.890. The Balaban J connectivity index is 1.86. The van der Waals surface area contributed by atoms with E-state index in [4.69, 9.17) is 4.74 Å². The van der Waals surface area contributed by atoms with Crippen LogP contribution in [0.3, 0.4) is 0 Å². The smallest absolute Gasteiger partial charge is 0.411 e. The number of hydrogen-bond donors (Lipinski definition) is 1. The number of anilines is 1. The molecule has 0 aromatic heterocycles. The summed E-state index contributed by atoms with van der Waals surface area (Å²) in [5.74, 6) is 0. The Morgan fingerprint density at radius 2 is 1.94 bits per heavy atom. The predicted molar refractivity (Wildman–Crippen MR) is 71.6 cm³/mol. The molecule has 1 fully saturated rings. The van der Waals surface area contributed by atoms with Crippen LogP contribution < -0.4 is 5.32 Å². The van der Waals surface area contributed by atoms with Gasteiger partial charge >= 0.3 is 6.09 Å². The number of ether oxygens (including phenoxy) is 1. The number of nitrogens with zero attached hydrogens (tertiary/aromatic N) is 1. The number of carbonyl (C=O) groups is 1. The molecular formula is C14H20N2O2. The van der Waals surface area contributed by atoms with Gasteiger partial charge in [-0.3, -0.25) is 10.2 Å². The molecule has 4 heteroatoms. The third-order valence-electron chi connectivity index (χ3n) is 3.08. The lowest BCUT2D eigenvalue weighted by atomic mass is 10.2. The van der Waals surface area contributed by atoms with Crippen LogP contribution in [0.4, 0.5) is 10.5 Å². The number of likely N-dealkylation sites (tertiary alicyclic amines) is 1. The van der Waals surface area contributed by atoms with Gasteiger partial charge in [0.2, 0.25) is 0 Å². The first-order valence-corrected chi connectivity index (χ1v) is 6.53. The molecule has 0 unspecified atom stereocenters. The third kappa shape index (κ3) is 3.74. The van der Waals surface area contributed by atoms with Crippen molar-refractivity contribution in [1.29, 1.82) is 0 Å². The lowest BCUT2D eigenvalue weighted by Gasteiger charge is -2.14. The first kappa shape index (κ1) is 12.9. The first-order chi connectivity index (χ1) is 8.78. The highest BCUT2D eigenvalue weighted by Crippen LogP contribution is 2.15. The summed E-state index contributed by atoms with van der Waals surface area (Å²) in [6, 6.07) is 7.95. The van der Waals surface area contributed by atoms with E-state index in [1.165, 1.54) is 31.5 Å². The van der Waals surface area contributed by atoms with Gasteiger partial charge in [0.15, 0.2) is 0 Å². The Bertz CT molecular complexity index is 383. The molecular weight excluding hydrogens is 228 g/mol. The van der Waals surface area contributed by atoms with E-state index in [-0.39, 0.29) is 0 Å². The van der Waals surface area contributed by atoms with E-state index in [1.54, 1.807) is 6.92 Å². The molecule has 1 aromatic carbocycles. The molecule has 2 rings (SSSR count). The zero-order valence-electron chi connectivity index (χ0n) is 10.8. The van der Waals surface area contributed by atoms with E-state index < -0.39 is 6.09 Å². The average molecular weight is 248 g/mol. The van der Waals surface area contributed by atoms with Crippen molar-refractivity contribution in [2.24, 2.45) is 0 Å². The summed E-state index contributed by atoms with van der Waals surface area (Å²) in [4.78, 5) is 13.7. The van der Waals surface area contributed by atoms with Gasteiger partial charge in [0.25, 0.3) is 0 Å². The molecule has 1 amide bonds. The minimum atomic E-state index is -0.398. The van der Waals surface area contributed by atoms with E-state index in [9.17, 15) is 4.79 Å². The molecule has 1 aliphatic rings. The Labute approximate surface area is 108 Å². The van der Waals surface area contributed by atoms with Crippen molar-refractivity contribution in [3.63, 3.8) is 0 Å². The first-order valence-electron chi connectivity index (χ1n) is 6.53. The second-order valence-corrected chi connectivity index (χ2v) is 4.53. The van der Waals surface area contributed by atoms with Crippen LogP contribution in [0.25, 0.3) is 0 Å². The van der Waals surface area contributed by atoms with Gasteiger partial charge in [-0.15, -0.1) is 0 Å². The SMILES string of the molecule is CCOC(=O)Nc1ccc(CN2CCCC2)cc1. The Morgan fingerprint density at radius 3 is 2.56 bits per heavy atom. The highest BCUT2D eigenvalue weighted by atomic mass is 16.5. The van der Waals surface area contributed by atoms with Crippen LogP contribution in [-0.4, -0.2) is 30.7 Å². The molecule has 0 atom stereocenters. The van der Waals surface area contributed by atoms with Crippen molar-refractivity contribution in [3.8, 4) is 0 Å². The highest BCUT2D eigenvalue weighted by Gasteiger charge is 2.11. The van der Waals surface area contributed by atoms with Crippen molar-refractivity contribution in [2.45, 2.75) is 26.3 Å². The number of rotatable bonds is 4. The molecule has 0 radical (unpaired) electrons. The number of carbonyl (C=O) groups excluding carboxylic acids is 1. The van der Waals surface area contributed by atoms with Crippen LogP contribution >= 0.6 is 0 Å². The molecule has 0 spiro atoms. The van der Waals surface area contributed by atoms with Crippen LogP contribution in [0.1, 0.15) is 25.3 Å². The molecule has 0 saturated carbocycles. The maximum absolute atomic E-state index is 11.2. The van der Waals surface area contributed by atoms with Gasteiger partial charge in [0.05, 0.1) is 6.61 Å². The molecule has 98 valence electrons.